The van der Waals surface area contributed by atoms with Crippen molar-refractivity contribution in [2.24, 2.45) is 11.8 Å². The Kier molecular flexibility index (Phi) is 5.33. The summed E-state index contributed by atoms with van der Waals surface area (Å²) in [5.41, 5.74) is -1.16. The molecule has 2 N–H and O–H groups in total. The zero-order chi connectivity index (χ0) is 18.9. The summed E-state index contributed by atoms with van der Waals surface area (Å²) in [5, 5.41) is 14.9. The fourth-order valence-electron chi connectivity index (χ4n) is 3.83. The highest BCUT2D eigenvalue weighted by Crippen LogP contribution is 2.36. The molecule has 1 aliphatic heterocycles. The summed E-state index contributed by atoms with van der Waals surface area (Å²) >= 11 is 6.22. The van der Waals surface area contributed by atoms with Gasteiger partial charge in [0, 0.05) is 23.7 Å². The Hall–Kier alpha value is -1.94. The van der Waals surface area contributed by atoms with E-state index in [4.69, 9.17) is 16.9 Å². The van der Waals surface area contributed by atoms with Crippen LogP contribution in [0.3, 0.4) is 0 Å². The number of carbonyl (C=O) groups excluding carboxylic acids is 1. The molecule has 140 valence electrons. The molecule has 1 aromatic rings. The summed E-state index contributed by atoms with van der Waals surface area (Å²) < 4.78 is 39.1. The van der Waals surface area contributed by atoms with Crippen LogP contribution in [0.1, 0.15) is 36.8 Å². The van der Waals surface area contributed by atoms with E-state index in [1.807, 2.05) is 0 Å². The Labute approximate surface area is 154 Å². The second kappa shape index (κ2) is 7.36. The average Bonchev–Trinajstić information content (AvgIpc) is 2.59. The first-order chi connectivity index (χ1) is 12.3. The number of halogens is 4. The van der Waals surface area contributed by atoms with Crippen LogP contribution in [-0.2, 0) is 11.0 Å². The number of amides is 1. The van der Waals surface area contributed by atoms with Crippen molar-refractivity contribution < 1.29 is 18.0 Å². The number of nitriles is 1. The fourth-order valence-corrected chi connectivity index (χ4v) is 4.19. The Bertz CT molecular complexity index is 731. The Balaban J connectivity index is 1.67. The third kappa shape index (κ3) is 4.07. The molecule has 1 heterocycles. The van der Waals surface area contributed by atoms with Crippen LogP contribution in [0.4, 0.5) is 18.9 Å². The van der Waals surface area contributed by atoms with Crippen LogP contribution in [0.25, 0.3) is 0 Å². The summed E-state index contributed by atoms with van der Waals surface area (Å²) in [5.74, 6) is -0.0814. The third-order valence-corrected chi connectivity index (χ3v) is 5.60. The zero-order valence-corrected chi connectivity index (χ0v) is 14.7. The van der Waals surface area contributed by atoms with E-state index in [1.165, 1.54) is 6.07 Å². The van der Waals surface area contributed by atoms with E-state index in [0.717, 1.165) is 31.4 Å². The molecule has 0 spiro atoms. The SMILES string of the molecule is N#Cc1ccc(NCC2CC3CC(Cl)CCC3NC2=O)cc1C(F)(F)F. The summed E-state index contributed by atoms with van der Waals surface area (Å²) in [6, 6.07) is 5.18. The van der Waals surface area contributed by atoms with Crippen molar-refractivity contribution in [2.75, 3.05) is 11.9 Å². The summed E-state index contributed by atoms with van der Waals surface area (Å²) in [7, 11) is 0. The number of nitrogens with one attached hydrogen (secondary N) is 2. The van der Waals surface area contributed by atoms with E-state index in [9.17, 15) is 18.0 Å². The summed E-state index contributed by atoms with van der Waals surface area (Å²) in [6.07, 6.45) is -1.32. The van der Waals surface area contributed by atoms with Crippen molar-refractivity contribution in [3.05, 3.63) is 29.3 Å². The molecule has 4 nitrogen and oxygen atoms in total. The van der Waals surface area contributed by atoms with E-state index >= 15 is 0 Å². The first kappa shape index (κ1) is 18.8. The van der Waals surface area contributed by atoms with Gasteiger partial charge >= 0.3 is 6.18 Å². The van der Waals surface area contributed by atoms with Crippen LogP contribution in [-0.4, -0.2) is 23.9 Å². The van der Waals surface area contributed by atoms with Gasteiger partial charge in [0.05, 0.1) is 23.1 Å². The molecular formula is C18H19ClF3N3O. The first-order valence-corrected chi connectivity index (χ1v) is 9.01. The van der Waals surface area contributed by atoms with Crippen molar-refractivity contribution in [3.63, 3.8) is 0 Å². The maximum atomic E-state index is 13.0. The maximum absolute atomic E-state index is 13.0. The van der Waals surface area contributed by atoms with Gasteiger partial charge in [0.2, 0.25) is 5.91 Å². The second-order valence-corrected chi connectivity index (χ2v) is 7.59. The number of nitrogens with zero attached hydrogens (tertiary/aromatic N) is 1. The van der Waals surface area contributed by atoms with Crippen molar-refractivity contribution in [1.29, 1.82) is 5.26 Å². The number of rotatable bonds is 3. The molecule has 26 heavy (non-hydrogen) atoms. The molecular weight excluding hydrogens is 367 g/mol. The van der Waals surface area contributed by atoms with Gasteiger partial charge < -0.3 is 10.6 Å². The van der Waals surface area contributed by atoms with Crippen molar-refractivity contribution in [3.8, 4) is 6.07 Å². The van der Waals surface area contributed by atoms with Gasteiger partial charge in [-0.1, -0.05) is 0 Å². The average molecular weight is 386 g/mol. The standard InChI is InChI=1S/C18H19ClF3N3O/c19-13-2-4-16-11(6-13)5-12(17(26)25-16)9-24-14-3-1-10(8-23)15(7-14)18(20,21)22/h1,3,7,11-13,16,24H,2,4-6,9H2,(H,25,26). The lowest BCUT2D eigenvalue weighted by Crippen LogP contribution is -2.53. The van der Waals surface area contributed by atoms with Gasteiger partial charge in [-0.3, -0.25) is 4.79 Å². The van der Waals surface area contributed by atoms with Crippen LogP contribution >= 0.6 is 11.6 Å². The first-order valence-electron chi connectivity index (χ1n) is 8.57. The molecule has 0 bridgehead atoms. The Morgan fingerprint density at radius 2 is 2.08 bits per heavy atom. The highest BCUT2D eigenvalue weighted by molar-refractivity contribution is 6.20. The molecule has 2 aliphatic rings. The van der Waals surface area contributed by atoms with Crippen LogP contribution in [0, 0.1) is 23.2 Å². The lowest BCUT2D eigenvalue weighted by Gasteiger charge is -2.41. The molecule has 1 saturated carbocycles. The molecule has 4 atom stereocenters. The zero-order valence-electron chi connectivity index (χ0n) is 13.9. The second-order valence-electron chi connectivity index (χ2n) is 6.97. The van der Waals surface area contributed by atoms with Crippen LogP contribution in [0.2, 0.25) is 0 Å². The maximum Gasteiger partial charge on any atom is 0.417 e. The van der Waals surface area contributed by atoms with Gasteiger partial charge in [-0.2, -0.15) is 18.4 Å². The van der Waals surface area contributed by atoms with Gasteiger partial charge in [-0.25, -0.2) is 0 Å². The van der Waals surface area contributed by atoms with Crippen molar-refractivity contribution in [1.82, 2.24) is 5.32 Å². The van der Waals surface area contributed by atoms with Gasteiger partial charge in [0.15, 0.2) is 0 Å². The number of hydrogen-bond donors (Lipinski definition) is 2. The van der Waals surface area contributed by atoms with Gasteiger partial charge in [0.1, 0.15) is 0 Å². The highest BCUT2D eigenvalue weighted by Gasteiger charge is 2.39. The van der Waals surface area contributed by atoms with Gasteiger partial charge in [-0.05, 0) is 49.8 Å². The lowest BCUT2D eigenvalue weighted by molar-refractivity contribution is -0.137. The largest absolute Gasteiger partial charge is 0.417 e. The topological polar surface area (TPSA) is 64.9 Å². The molecule has 1 amide bonds. The molecule has 1 aromatic carbocycles. The molecule has 2 fully saturated rings. The molecule has 1 aliphatic carbocycles. The third-order valence-electron chi connectivity index (χ3n) is 5.20. The van der Waals surface area contributed by atoms with Crippen LogP contribution < -0.4 is 10.6 Å². The van der Waals surface area contributed by atoms with Crippen LogP contribution in [0.5, 0.6) is 0 Å². The number of anilines is 1. The Morgan fingerprint density at radius 1 is 1.31 bits per heavy atom. The molecule has 3 rings (SSSR count). The fraction of sp³-hybridized carbons (Fsp3) is 0.556. The highest BCUT2D eigenvalue weighted by atomic mass is 35.5. The number of piperidine rings is 1. The van der Waals surface area contributed by atoms with Crippen molar-refractivity contribution >= 4 is 23.2 Å². The number of alkyl halides is 4. The molecule has 0 radical (unpaired) electrons. The van der Waals surface area contributed by atoms with E-state index in [1.54, 1.807) is 6.07 Å². The number of carbonyl (C=O) groups is 1. The van der Waals surface area contributed by atoms with Gasteiger partial charge in [0.25, 0.3) is 0 Å². The summed E-state index contributed by atoms with van der Waals surface area (Å²) in [6.45, 7) is 0.241. The minimum atomic E-state index is -4.60. The Morgan fingerprint density at radius 3 is 2.77 bits per heavy atom. The smallest absolute Gasteiger partial charge is 0.384 e. The van der Waals surface area contributed by atoms with Crippen molar-refractivity contribution in [2.45, 2.75) is 43.3 Å². The molecule has 0 aromatic heterocycles. The molecule has 1 saturated heterocycles. The monoisotopic (exact) mass is 385 g/mol. The lowest BCUT2D eigenvalue weighted by atomic mass is 9.75. The van der Waals surface area contributed by atoms with E-state index < -0.39 is 17.3 Å². The predicted octanol–water partition coefficient (Wildman–Crippen LogP) is 3.90. The van der Waals surface area contributed by atoms with Gasteiger partial charge in [-0.15, -0.1) is 11.6 Å². The van der Waals surface area contributed by atoms with E-state index in [-0.39, 0.29) is 35.5 Å². The molecule has 4 unspecified atom stereocenters. The minimum absolute atomic E-state index is 0.0727. The van der Waals surface area contributed by atoms with E-state index in [2.05, 4.69) is 10.6 Å². The quantitative estimate of drug-likeness (QED) is 0.775. The minimum Gasteiger partial charge on any atom is -0.384 e. The van der Waals surface area contributed by atoms with Crippen LogP contribution in [0.15, 0.2) is 18.2 Å². The number of fused-ring (bicyclic) bond motifs is 1. The summed E-state index contributed by atoms with van der Waals surface area (Å²) in [4.78, 5) is 12.3. The normalized spacial score (nSPS) is 28.7. The van der Waals surface area contributed by atoms with E-state index in [0.29, 0.717) is 12.3 Å². The predicted molar refractivity (Wildman–Crippen MR) is 91.7 cm³/mol. The molecule has 8 heteroatoms. The number of hydrogen-bond acceptors (Lipinski definition) is 3. The number of benzene rings is 1.